The molecule has 17 heavy (non-hydrogen) atoms. The molecule has 0 aliphatic heterocycles. The van der Waals surface area contributed by atoms with Gasteiger partial charge >= 0.3 is 0 Å². The summed E-state index contributed by atoms with van der Waals surface area (Å²) < 4.78 is 4.87. The van der Waals surface area contributed by atoms with Crippen LogP contribution in [0.4, 0.5) is 0 Å². The minimum atomic E-state index is 0.374. The predicted molar refractivity (Wildman–Crippen MR) is 69.0 cm³/mol. The maximum absolute atomic E-state index is 8.39. The number of ether oxygens (including phenoxy) is 1. The fourth-order valence-corrected chi connectivity index (χ4v) is 1.27. The van der Waals surface area contributed by atoms with Crippen molar-refractivity contribution in [2.75, 3.05) is 26.7 Å². The van der Waals surface area contributed by atoms with Crippen molar-refractivity contribution in [1.29, 1.82) is 5.26 Å². The van der Waals surface area contributed by atoms with E-state index in [0.29, 0.717) is 11.4 Å². The van der Waals surface area contributed by atoms with E-state index >= 15 is 0 Å². The van der Waals surface area contributed by atoms with Crippen LogP contribution in [0.2, 0.25) is 0 Å². The fraction of sp³-hybridized carbons (Fsp3) is 0.538. The smallest absolute Gasteiger partial charge is 0.144 e. The highest BCUT2D eigenvalue weighted by atomic mass is 16.5. The van der Waals surface area contributed by atoms with Crippen LogP contribution in [0.25, 0.3) is 0 Å². The van der Waals surface area contributed by atoms with Crippen molar-refractivity contribution >= 4 is 0 Å². The van der Waals surface area contributed by atoms with E-state index < -0.39 is 0 Å². The summed E-state index contributed by atoms with van der Waals surface area (Å²) in [7, 11) is 1.55. The lowest BCUT2D eigenvalue weighted by Gasteiger charge is -2.13. The average Bonchev–Trinajstić information content (AvgIpc) is 2.41. The minimum Gasteiger partial charge on any atom is -0.497 e. The van der Waals surface area contributed by atoms with Gasteiger partial charge in [0.25, 0.3) is 0 Å². The number of nitrogens with zero attached hydrogens (tertiary/aromatic N) is 3. The molecule has 0 amide bonds. The summed E-state index contributed by atoms with van der Waals surface area (Å²) in [6.45, 7) is 10.1. The van der Waals surface area contributed by atoms with Gasteiger partial charge in [-0.15, -0.1) is 0 Å². The first-order chi connectivity index (χ1) is 8.21. The first kappa shape index (κ1) is 15.4. The van der Waals surface area contributed by atoms with Crippen LogP contribution in [0, 0.1) is 11.3 Å². The lowest BCUT2D eigenvalue weighted by Crippen LogP contribution is -2.21. The number of nitriles is 1. The lowest BCUT2D eigenvalue weighted by molar-refractivity contribution is 0.321. The third kappa shape index (κ3) is 6.54. The van der Waals surface area contributed by atoms with Crippen LogP contribution in [0.3, 0.4) is 0 Å². The first-order valence-corrected chi connectivity index (χ1v) is 5.84. The molecule has 0 unspecified atom stereocenters. The zero-order valence-corrected chi connectivity index (χ0v) is 11.1. The molecule has 0 fully saturated rings. The standard InChI is InChI=1S/C7H6N2O.C6H15N/c1-10-7-2-3-9-6(4-7)5-8;1-4-7(5-2)6-3/h2-4H,1H3;4-6H2,1-3H3. The van der Waals surface area contributed by atoms with Crippen LogP contribution in [-0.2, 0) is 0 Å². The molecule has 0 bridgehead atoms. The number of hydrogen-bond acceptors (Lipinski definition) is 4. The SMILES string of the molecule is CCN(CC)CC.COc1ccnc(C#N)c1. The molecule has 0 saturated heterocycles. The number of methoxy groups -OCH3 is 1. The van der Waals surface area contributed by atoms with E-state index in [1.807, 2.05) is 6.07 Å². The van der Waals surface area contributed by atoms with Crippen molar-refractivity contribution in [1.82, 2.24) is 9.88 Å². The van der Waals surface area contributed by atoms with Gasteiger partial charge in [-0.3, -0.25) is 0 Å². The molecule has 1 aromatic heterocycles. The maximum Gasteiger partial charge on any atom is 0.144 e. The van der Waals surface area contributed by atoms with E-state index in [2.05, 4.69) is 30.7 Å². The normalized spacial score (nSPS) is 9.18. The molecule has 0 aliphatic carbocycles. The van der Waals surface area contributed by atoms with Gasteiger partial charge in [0.2, 0.25) is 0 Å². The van der Waals surface area contributed by atoms with Crippen molar-refractivity contribution in [3.8, 4) is 11.8 Å². The molecule has 0 radical (unpaired) electrons. The number of aromatic nitrogens is 1. The summed E-state index contributed by atoms with van der Waals surface area (Å²) in [5.41, 5.74) is 0.374. The Hall–Kier alpha value is -1.60. The summed E-state index contributed by atoms with van der Waals surface area (Å²) >= 11 is 0. The first-order valence-electron chi connectivity index (χ1n) is 5.84. The molecule has 1 rings (SSSR count). The van der Waals surface area contributed by atoms with Crippen molar-refractivity contribution in [3.63, 3.8) is 0 Å². The largest absolute Gasteiger partial charge is 0.497 e. The highest BCUT2D eigenvalue weighted by Crippen LogP contribution is 2.08. The Morgan fingerprint density at radius 1 is 1.29 bits per heavy atom. The highest BCUT2D eigenvalue weighted by Gasteiger charge is 1.92. The summed E-state index contributed by atoms with van der Waals surface area (Å²) in [6, 6.07) is 5.19. The molecule has 0 N–H and O–H groups in total. The van der Waals surface area contributed by atoms with Gasteiger partial charge in [0, 0.05) is 12.3 Å². The quantitative estimate of drug-likeness (QED) is 0.803. The van der Waals surface area contributed by atoms with Gasteiger partial charge in [0.05, 0.1) is 7.11 Å². The number of hydrogen-bond donors (Lipinski definition) is 0. The van der Waals surface area contributed by atoms with Gasteiger partial charge in [-0.2, -0.15) is 5.26 Å². The topological polar surface area (TPSA) is 49.1 Å². The Morgan fingerprint density at radius 2 is 1.88 bits per heavy atom. The van der Waals surface area contributed by atoms with Crippen LogP contribution in [0.5, 0.6) is 5.75 Å². The molecular weight excluding hydrogens is 214 g/mol. The molecule has 4 heteroatoms. The minimum absolute atomic E-state index is 0.374. The van der Waals surface area contributed by atoms with Crippen molar-refractivity contribution in [2.45, 2.75) is 20.8 Å². The Labute approximate surface area is 104 Å². The van der Waals surface area contributed by atoms with Gasteiger partial charge in [0.1, 0.15) is 17.5 Å². The molecule has 1 heterocycles. The second-order valence-electron chi connectivity index (χ2n) is 3.31. The Bertz CT molecular complexity index is 337. The fourth-order valence-electron chi connectivity index (χ4n) is 1.27. The van der Waals surface area contributed by atoms with E-state index in [0.717, 1.165) is 0 Å². The summed E-state index contributed by atoms with van der Waals surface area (Å²) in [5.74, 6) is 0.659. The van der Waals surface area contributed by atoms with Gasteiger partial charge in [-0.1, -0.05) is 20.8 Å². The highest BCUT2D eigenvalue weighted by molar-refractivity contribution is 5.29. The lowest BCUT2D eigenvalue weighted by atomic mass is 10.3. The van der Waals surface area contributed by atoms with Crippen LogP contribution in [0.15, 0.2) is 18.3 Å². The van der Waals surface area contributed by atoms with E-state index in [4.69, 9.17) is 10.00 Å². The molecule has 0 saturated carbocycles. The molecule has 0 spiro atoms. The Morgan fingerprint density at radius 3 is 2.24 bits per heavy atom. The van der Waals surface area contributed by atoms with Crippen molar-refractivity contribution in [2.24, 2.45) is 0 Å². The third-order valence-electron chi connectivity index (χ3n) is 2.42. The second-order valence-corrected chi connectivity index (χ2v) is 3.31. The van der Waals surface area contributed by atoms with Gasteiger partial charge in [-0.25, -0.2) is 4.98 Å². The van der Waals surface area contributed by atoms with E-state index in [9.17, 15) is 0 Å². The van der Waals surface area contributed by atoms with Crippen molar-refractivity contribution < 1.29 is 4.74 Å². The zero-order chi connectivity index (χ0) is 13.1. The van der Waals surface area contributed by atoms with E-state index in [1.54, 1.807) is 19.2 Å². The van der Waals surface area contributed by atoms with Crippen LogP contribution >= 0.6 is 0 Å². The molecular formula is C13H21N3O. The Balaban J connectivity index is 0.000000325. The van der Waals surface area contributed by atoms with Crippen LogP contribution < -0.4 is 4.74 Å². The van der Waals surface area contributed by atoms with Gasteiger partial charge < -0.3 is 9.64 Å². The van der Waals surface area contributed by atoms with E-state index in [1.165, 1.54) is 25.8 Å². The van der Waals surface area contributed by atoms with Crippen LogP contribution in [0.1, 0.15) is 26.5 Å². The van der Waals surface area contributed by atoms with Gasteiger partial charge in [0.15, 0.2) is 0 Å². The van der Waals surface area contributed by atoms with E-state index in [-0.39, 0.29) is 0 Å². The molecule has 0 atom stereocenters. The molecule has 0 aromatic carbocycles. The number of rotatable bonds is 4. The molecule has 94 valence electrons. The van der Waals surface area contributed by atoms with Gasteiger partial charge in [-0.05, 0) is 25.7 Å². The predicted octanol–water partition coefficient (Wildman–Crippen LogP) is 2.31. The maximum atomic E-state index is 8.39. The Kier molecular flexibility index (Phi) is 8.71. The monoisotopic (exact) mass is 235 g/mol. The zero-order valence-electron chi connectivity index (χ0n) is 11.1. The molecule has 4 nitrogen and oxygen atoms in total. The van der Waals surface area contributed by atoms with Crippen molar-refractivity contribution in [3.05, 3.63) is 24.0 Å². The summed E-state index contributed by atoms with van der Waals surface area (Å²) in [4.78, 5) is 6.14. The van der Waals surface area contributed by atoms with Crippen LogP contribution in [-0.4, -0.2) is 36.6 Å². The molecule has 0 aliphatic rings. The number of pyridine rings is 1. The second kappa shape index (κ2) is 9.61. The average molecular weight is 235 g/mol. The summed E-state index contributed by atoms with van der Waals surface area (Å²) in [5, 5.41) is 8.39. The summed E-state index contributed by atoms with van der Waals surface area (Å²) in [6.07, 6.45) is 1.54. The molecule has 1 aromatic rings. The third-order valence-corrected chi connectivity index (χ3v) is 2.42.